The van der Waals surface area contributed by atoms with Crippen LogP contribution in [0, 0.1) is 0 Å². The van der Waals surface area contributed by atoms with Crippen LogP contribution in [0.4, 0.5) is 5.69 Å². The Morgan fingerprint density at radius 3 is 2.19 bits per heavy atom. The van der Waals surface area contributed by atoms with Crippen molar-refractivity contribution >= 4 is 5.69 Å². The molecule has 0 atom stereocenters. The van der Waals surface area contributed by atoms with Gasteiger partial charge in [0.25, 0.3) is 0 Å². The van der Waals surface area contributed by atoms with Crippen LogP contribution >= 0.6 is 0 Å². The Labute approximate surface area is 127 Å². The van der Waals surface area contributed by atoms with E-state index in [1.165, 1.54) is 11.1 Å². The van der Waals surface area contributed by atoms with Crippen LogP contribution in [0.3, 0.4) is 0 Å². The number of nitrogens with zero attached hydrogens (tertiary/aromatic N) is 1. The summed E-state index contributed by atoms with van der Waals surface area (Å²) in [7, 11) is 0. The molecule has 0 spiro atoms. The molecule has 108 valence electrons. The summed E-state index contributed by atoms with van der Waals surface area (Å²) in [5.74, 6) is 6.21. The normalized spacial score (nSPS) is 11.9. The Bertz CT molecular complexity index is 610. The Balaban J connectivity index is 2.24. The lowest BCUT2D eigenvalue weighted by atomic mass is 10.1. The number of hydrogen-bond donors (Lipinski definition) is 1. The lowest BCUT2D eigenvalue weighted by molar-refractivity contribution is 1.01. The summed E-state index contributed by atoms with van der Waals surface area (Å²) < 4.78 is 0. The third-order valence-corrected chi connectivity index (χ3v) is 3.28. The average molecular weight is 278 g/mol. The number of benzene rings is 2. The van der Waals surface area contributed by atoms with Crippen molar-refractivity contribution in [2.75, 3.05) is 5.01 Å². The SMILES string of the molecule is C/C=C\C(=C/CC)N(N)c1ccc(-c2ccccc2)cc1. The number of allylic oxidation sites excluding steroid dienone is 3. The summed E-state index contributed by atoms with van der Waals surface area (Å²) >= 11 is 0. The van der Waals surface area contributed by atoms with Crippen LogP contribution in [0.5, 0.6) is 0 Å². The zero-order valence-corrected chi connectivity index (χ0v) is 12.7. The molecule has 2 rings (SSSR count). The largest absolute Gasteiger partial charge is 0.280 e. The third-order valence-electron chi connectivity index (χ3n) is 3.28. The zero-order valence-electron chi connectivity index (χ0n) is 12.7. The molecule has 0 aliphatic carbocycles. The van der Waals surface area contributed by atoms with Crippen molar-refractivity contribution < 1.29 is 0 Å². The number of rotatable bonds is 5. The van der Waals surface area contributed by atoms with Gasteiger partial charge >= 0.3 is 0 Å². The summed E-state index contributed by atoms with van der Waals surface area (Å²) in [5.41, 5.74) is 4.39. The summed E-state index contributed by atoms with van der Waals surface area (Å²) in [4.78, 5) is 0. The Kier molecular flexibility index (Phi) is 5.35. The van der Waals surface area contributed by atoms with Crippen LogP contribution in [0.2, 0.25) is 0 Å². The van der Waals surface area contributed by atoms with Gasteiger partial charge in [-0.05, 0) is 42.7 Å². The minimum Gasteiger partial charge on any atom is -0.280 e. The van der Waals surface area contributed by atoms with Gasteiger partial charge in [-0.25, -0.2) is 5.84 Å². The van der Waals surface area contributed by atoms with Gasteiger partial charge in [-0.3, -0.25) is 5.01 Å². The molecule has 0 fully saturated rings. The summed E-state index contributed by atoms with van der Waals surface area (Å²) in [5, 5.41) is 1.72. The van der Waals surface area contributed by atoms with E-state index in [4.69, 9.17) is 5.84 Å². The van der Waals surface area contributed by atoms with Gasteiger partial charge in [-0.2, -0.15) is 0 Å². The smallest absolute Gasteiger partial charge is 0.0575 e. The van der Waals surface area contributed by atoms with Crippen molar-refractivity contribution in [2.45, 2.75) is 20.3 Å². The second-order valence-corrected chi connectivity index (χ2v) is 4.82. The van der Waals surface area contributed by atoms with Gasteiger partial charge in [-0.15, -0.1) is 0 Å². The highest BCUT2D eigenvalue weighted by atomic mass is 15.4. The fraction of sp³-hybridized carbons (Fsp3) is 0.158. The standard InChI is InChI=1S/C19H22N2/c1-3-8-18(9-4-2)21(20)19-14-12-17(13-15-19)16-10-6-5-7-11-16/h3,5-15H,4,20H2,1-2H3/b8-3-,18-9+. The van der Waals surface area contributed by atoms with Crippen molar-refractivity contribution in [1.29, 1.82) is 0 Å². The highest BCUT2D eigenvalue weighted by Gasteiger charge is 2.05. The first-order valence-corrected chi connectivity index (χ1v) is 7.29. The van der Waals surface area contributed by atoms with E-state index in [9.17, 15) is 0 Å². The first-order chi connectivity index (χ1) is 10.3. The quantitative estimate of drug-likeness (QED) is 0.478. The maximum Gasteiger partial charge on any atom is 0.0575 e. The fourth-order valence-corrected chi connectivity index (χ4v) is 2.22. The van der Waals surface area contributed by atoms with E-state index in [-0.39, 0.29) is 0 Å². The van der Waals surface area contributed by atoms with Gasteiger partial charge < -0.3 is 0 Å². The van der Waals surface area contributed by atoms with Gasteiger partial charge in [-0.1, -0.05) is 61.5 Å². The van der Waals surface area contributed by atoms with Crippen molar-refractivity contribution in [1.82, 2.24) is 0 Å². The monoisotopic (exact) mass is 278 g/mol. The van der Waals surface area contributed by atoms with E-state index in [1.807, 2.05) is 37.3 Å². The summed E-state index contributed by atoms with van der Waals surface area (Å²) in [6.07, 6.45) is 7.09. The van der Waals surface area contributed by atoms with Crippen LogP contribution in [0.25, 0.3) is 11.1 Å². The van der Waals surface area contributed by atoms with E-state index >= 15 is 0 Å². The third kappa shape index (κ3) is 3.83. The first kappa shape index (κ1) is 15.1. The van der Waals surface area contributed by atoms with E-state index in [0.29, 0.717) is 0 Å². The highest BCUT2D eigenvalue weighted by Crippen LogP contribution is 2.23. The molecule has 0 saturated heterocycles. The number of hydrazine groups is 1. The molecule has 0 radical (unpaired) electrons. The van der Waals surface area contributed by atoms with Crippen LogP contribution in [0.15, 0.2) is 78.5 Å². The van der Waals surface area contributed by atoms with Gasteiger partial charge in [0.15, 0.2) is 0 Å². The maximum atomic E-state index is 6.21. The minimum atomic E-state index is 0.954. The molecule has 2 heteroatoms. The lowest BCUT2D eigenvalue weighted by Gasteiger charge is -2.20. The molecular formula is C19H22N2. The predicted molar refractivity (Wildman–Crippen MR) is 91.7 cm³/mol. The summed E-state index contributed by atoms with van der Waals surface area (Å²) in [6, 6.07) is 18.6. The molecule has 2 aromatic rings. The molecule has 21 heavy (non-hydrogen) atoms. The molecule has 2 nitrogen and oxygen atoms in total. The van der Waals surface area contributed by atoms with Gasteiger partial charge in [0.2, 0.25) is 0 Å². The van der Waals surface area contributed by atoms with Crippen molar-refractivity contribution in [3.63, 3.8) is 0 Å². The molecule has 0 aliphatic rings. The zero-order chi connectivity index (χ0) is 15.1. The second kappa shape index (κ2) is 7.46. The van der Waals surface area contributed by atoms with Crippen LogP contribution in [0.1, 0.15) is 20.3 Å². The van der Waals surface area contributed by atoms with Crippen LogP contribution < -0.4 is 10.9 Å². The van der Waals surface area contributed by atoms with E-state index < -0.39 is 0 Å². The first-order valence-electron chi connectivity index (χ1n) is 7.29. The van der Waals surface area contributed by atoms with E-state index in [1.54, 1.807) is 5.01 Å². The minimum absolute atomic E-state index is 0.954. The molecule has 0 heterocycles. The van der Waals surface area contributed by atoms with Crippen LogP contribution in [-0.4, -0.2) is 0 Å². The predicted octanol–water partition coefficient (Wildman–Crippen LogP) is 4.90. The molecule has 2 aromatic carbocycles. The number of hydrogen-bond acceptors (Lipinski definition) is 2. The molecule has 0 saturated carbocycles. The molecule has 0 bridgehead atoms. The van der Waals surface area contributed by atoms with E-state index in [0.717, 1.165) is 17.8 Å². The Hall–Kier alpha value is -2.32. The summed E-state index contributed by atoms with van der Waals surface area (Å²) in [6.45, 7) is 4.10. The Morgan fingerprint density at radius 2 is 1.62 bits per heavy atom. The number of anilines is 1. The van der Waals surface area contributed by atoms with Crippen molar-refractivity contribution in [3.8, 4) is 11.1 Å². The topological polar surface area (TPSA) is 29.3 Å². The molecular weight excluding hydrogens is 256 g/mol. The van der Waals surface area contributed by atoms with Crippen LogP contribution in [-0.2, 0) is 0 Å². The molecule has 2 N–H and O–H groups in total. The maximum absolute atomic E-state index is 6.21. The molecule has 0 aromatic heterocycles. The molecule has 0 unspecified atom stereocenters. The molecule has 0 aliphatic heterocycles. The number of nitrogens with two attached hydrogens (primary N) is 1. The van der Waals surface area contributed by atoms with Gasteiger partial charge in [0.05, 0.1) is 11.4 Å². The lowest BCUT2D eigenvalue weighted by Crippen LogP contribution is -2.29. The van der Waals surface area contributed by atoms with Gasteiger partial charge in [0.1, 0.15) is 0 Å². The second-order valence-electron chi connectivity index (χ2n) is 4.82. The van der Waals surface area contributed by atoms with Crippen molar-refractivity contribution in [3.05, 3.63) is 78.5 Å². The van der Waals surface area contributed by atoms with Gasteiger partial charge in [0, 0.05) is 0 Å². The molecule has 0 amide bonds. The Morgan fingerprint density at radius 1 is 1.00 bits per heavy atom. The highest BCUT2D eigenvalue weighted by molar-refractivity contribution is 5.67. The van der Waals surface area contributed by atoms with Crippen molar-refractivity contribution in [2.24, 2.45) is 5.84 Å². The fourth-order valence-electron chi connectivity index (χ4n) is 2.22. The van der Waals surface area contributed by atoms with E-state index in [2.05, 4.69) is 49.4 Å². The average Bonchev–Trinajstić information content (AvgIpc) is 2.55.